The molecule has 2 saturated carbocycles. The van der Waals surface area contributed by atoms with Gasteiger partial charge in [-0.3, -0.25) is 4.79 Å². The Balaban J connectivity index is 1.75. The van der Waals surface area contributed by atoms with Crippen molar-refractivity contribution in [2.75, 3.05) is 6.54 Å². The zero-order valence-corrected chi connectivity index (χ0v) is 8.33. The number of rotatable bonds is 3. The normalized spacial score (nSPS) is 34.1. The van der Waals surface area contributed by atoms with E-state index < -0.39 is 0 Å². The van der Waals surface area contributed by atoms with Crippen LogP contribution in [0.4, 0.5) is 0 Å². The van der Waals surface area contributed by atoms with Gasteiger partial charge in [-0.1, -0.05) is 12.8 Å². The molecule has 0 bridgehead atoms. The number of amides is 1. The Hall–Kier alpha value is -1.04. The first-order valence-corrected chi connectivity index (χ1v) is 5.49. The van der Waals surface area contributed by atoms with E-state index in [9.17, 15) is 4.79 Å². The smallest absolute Gasteiger partial charge is 0.223 e. The average Bonchev–Trinajstić information content (AvgIpc) is 2.92. The quantitative estimate of drug-likeness (QED) is 0.688. The monoisotopic (exact) mass is 192 g/mol. The SMILES string of the molecule is N#CCCNC(=O)C1C2CCCCC21. The van der Waals surface area contributed by atoms with Gasteiger partial charge in [0.1, 0.15) is 0 Å². The molecule has 0 heterocycles. The van der Waals surface area contributed by atoms with Crippen LogP contribution in [-0.4, -0.2) is 12.5 Å². The standard InChI is InChI=1S/C11H16N2O/c12-6-3-7-13-11(14)10-8-4-1-2-5-9(8)10/h8-10H,1-5,7H2,(H,13,14). The van der Waals surface area contributed by atoms with Gasteiger partial charge in [0.15, 0.2) is 0 Å². The summed E-state index contributed by atoms with van der Waals surface area (Å²) in [6.07, 6.45) is 5.49. The molecular formula is C11H16N2O. The summed E-state index contributed by atoms with van der Waals surface area (Å²) < 4.78 is 0. The number of nitrogens with one attached hydrogen (secondary N) is 1. The predicted molar refractivity (Wildman–Crippen MR) is 52.2 cm³/mol. The third-order valence-electron chi connectivity index (χ3n) is 3.50. The Labute approximate surface area is 84.5 Å². The lowest BCUT2D eigenvalue weighted by molar-refractivity contribution is -0.122. The van der Waals surface area contributed by atoms with Crippen molar-refractivity contribution in [1.29, 1.82) is 5.26 Å². The second-order valence-electron chi connectivity index (χ2n) is 4.34. The van der Waals surface area contributed by atoms with Crippen molar-refractivity contribution in [3.05, 3.63) is 0 Å². The van der Waals surface area contributed by atoms with Crippen LogP contribution >= 0.6 is 0 Å². The number of nitriles is 1. The Kier molecular flexibility index (Phi) is 2.72. The predicted octanol–water partition coefficient (Wildman–Crippen LogP) is 1.45. The van der Waals surface area contributed by atoms with Crippen LogP contribution in [0.2, 0.25) is 0 Å². The maximum atomic E-state index is 11.6. The van der Waals surface area contributed by atoms with Crippen LogP contribution in [0.5, 0.6) is 0 Å². The first-order chi connectivity index (χ1) is 6.84. The fourth-order valence-electron chi connectivity index (χ4n) is 2.74. The highest BCUT2D eigenvalue weighted by Gasteiger charge is 2.54. The maximum absolute atomic E-state index is 11.6. The van der Waals surface area contributed by atoms with E-state index in [0.29, 0.717) is 24.8 Å². The Morgan fingerprint density at radius 1 is 1.36 bits per heavy atom. The number of hydrogen-bond acceptors (Lipinski definition) is 2. The van der Waals surface area contributed by atoms with Crippen LogP contribution in [0.15, 0.2) is 0 Å². The van der Waals surface area contributed by atoms with Crippen molar-refractivity contribution in [2.45, 2.75) is 32.1 Å². The van der Waals surface area contributed by atoms with Gasteiger partial charge in [-0.05, 0) is 24.7 Å². The molecule has 3 nitrogen and oxygen atoms in total. The minimum atomic E-state index is 0.192. The number of fused-ring (bicyclic) bond motifs is 1. The van der Waals surface area contributed by atoms with E-state index in [1.165, 1.54) is 25.7 Å². The summed E-state index contributed by atoms with van der Waals surface area (Å²) >= 11 is 0. The molecule has 1 N–H and O–H groups in total. The second-order valence-corrected chi connectivity index (χ2v) is 4.34. The molecule has 2 aliphatic carbocycles. The van der Waals surface area contributed by atoms with E-state index in [1.54, 1.807) is 0 Å². The van der Waals surface area contributed by atoms with E-state index in [0.717, 1.165) is 0 Å². The van der Waals surface area contributed by atoms with Gasteiger partial charge in [0.05, 0.1) is 12.5 Å². The summed E-state index contributed by atoms with van der Waals surface area (Å²) in [5, 5.41) is 11.2. The molecule has 2 rings (SSSR count). The lowest BCUT2D eigenvalue weighted by Gasteiger charge is -2.04. The zero-order valence-electron chi connectivity index (χ0n) is 8.33. The fourth-order valence-corrected chi connectivity index (χ4v) is 2.74. The fraction of sp³-hybridized carbons (Fsp3) is 0.818. The topological polar surface area (TPSA) is 52.9 Å². The second kappa shape index (κ2) is 4.00. The summed E-state index contributed by atoms with van der Waals surface area (Å²) in [4.78, 5) is 11.6. The van der Waals surface area contributed by atoms with Crippen molar-refractivity contribution in [2.24, 2.45) is 17.8 Å². The first-order valence-electron chi connectivity index (χ1n) is 5.49. The van der Waals surface area contributed by atoms with E-state index in [-0.39, 0.29) is 11.8 Å². The molecule has 2 fully saturated rings. The molecule has 0 spiro atoms. The maximum Gasteiger partial charge on any atom is 0.223 e. The average molecular weight is 192 g/mol. The van der Waals surface area contributed by atoms with E-state index in [1.807, 2.05) is 6.07 Å². The van der Waals surface area contributed by atoms with Gasteiger partial charge in [-0.2, -0.15) is 5.26 Å². The number of nitrogens with zero attached hydrogens (tertiary/aromatic N) is 1. The summed E-state index contributed by atoms with van der Waals surface area (Å²) in [7, 11) is 0. The van der Waals surface area contributed by atoms with E-state index in [2.05, 4.69) is 5.32 Å². The highest BCUT2D eigenvalue weighted by molar-refractivity contribution is 5.82. The van der Waals surface area contributed by atoms with Gasteiger partial charge < -0.3 is 5.32 Å². The molecule has 14 heavy (non-hydrogen) atoms. The van der Waals surface area contributed by atoms with Crippen LogP contribution < -0.4 is 5.32 Å². The van der Waals surface area contributed by atoms with Crippen LogP contribution in [0, 0.1) is 29.1 Å². The minimum Gasteiger partial charge on any atom is -0.355 e. The lowest BCUT2D eigenvalue weighted by Crippen LogP contribution is -2.26. The summed E-state index contributed by atoms with van der Waals surface area (Å²) in [6.45, 7) is 0.519. The van der Waals surface area contributed by atoms with Crippen LogP contribution in [-0.2, 0) is 4.79 Å². The van der Waals surface area contributed by atoms with Crippen molar-refractivity contribution in [3.8, 4) is 6.07 Å². The summed E-state index contributed by atoms with van der Waals surface area (Å²) in [5.41, 5.74) is 0. The van der Waals surface area contributed by atoms with Gasteiger partial charge in [-0.25, -0.2) is 0 Å². The zero-order chi connectivity index (χ0) is 9.97. The molecule has 0 radical (unpaired) electrons. The molecule has 2 unspecified atom stereocenters. The van der Waals surface area contributed by atoms with Gasteiger partial charge in [-0.15, -0.1) is 0 Å². The van der Waals surface area contributed by atoms with Gasteiger partial charge in [0, 0.05) is 12.5 Å². The van der Waals surface area contributed by atoms with Crippen molar-refractivity contribution in [1.82, 2.24) is 5.32 Å². The molecule has 76 valence electrons. The molecule has 0 aromatic carbocycles. The third-order valence-corrected chi connectivity index (χ3v) is 3.50. The third kappa shape index (κ3) is 1.75. The van der Waals surface area contributed by atoms with Crippen molar-refractivity contribution >= 4 is 5.91 Å². The van der Waals surface area contributed by atoms with Gasteiger partial charge in [0.25, 0.3) is 0 Å². The van der Waals surface area contributed by atoms with E-state index in [4.69, 9.17) is 5.26 Å². The molecule has 0 aliphatic heterocycles. The highest BCUT2D eigenvalue weighted by atomic mass is 16.2. The van der Waals surface area contributed by atoms with Crippen molar-refractivity contribution in [3.63, 3.8) is 0 Å². The first kappa shape index (κ1) is 9.51. The number of carbonyl (C=O) groups is 1. The van der Waals surface area contributed by atoms with Crippen LogP contribution in [0.1, 0.15) is 32.1 Å². The molecule has 1 amide bonds. The van der Waals surface area contributed by atoms with Crippen LogP contribution in [0.3, 0.4) is 0 Å². The molecule has 2 aliphatic rings. The Bertz CT molecular complexity index is 257. The van der Waals surface area contributed by atoms with Crippen molar-refractivity contribution < 1.29 is 4.79 Å². The minimum absolute atomic E-state index is 0.192. The molecule has 3 heteroatoms. The number of carbonyl (C=O) groups excluding carboxylic acids is 1. The largest absolute Gasteiger partial charge is 0.355 e. The molecule has 0 saturated heterocycles. The molecule has 0 aromatic rings. The molecule has 0 aromatic heterocycles. The highest BCUT2D eigenvalue weighted by Crippen LogP contribution is 2.55. The van der Waals surface area contributed by atoms with Crippen LogP contribution in [0.25, 0.3) is 0 Å². The van der Waals surface area contributed by atoms with E-state index >= 15 is 0 Å². The number of hydrogen-bond donors (Lipinski definition) is 1. The molecular weight excluding hydrogens is 176 g/mol. The molecule has 2 atom stereocenters. The van der Waals surface area contributed by atoms with Gasteiger partial charge >= 0.3 is 0 Å². The summed E-state index contributed by atoms with van der Waals surface area (Å²) in [5.74, 6) is 1.82. The van der Waals surface area contributed by atoms with Gasteiger partial charge in [0.2, 0.25) is 5.91 Å². The Morgan fingerprint density at radius 2 is 2.00 bits per heavy atom. The lowest BCUT2D eigenvalue weighted by atomic mass is 10.0. The summed E-state index contributed by atoms with van der Waals surface area (Å²) in [6, 6.07) is 2.03. The Morgan fingerprint density at radius 3 is 2.57 bits per heavy atom.